The van der Waals surface area contributed by atoms with E-state index in [9.17, 15) is 8.42 Å². The van der Waals surface area contributed by atoms with Gasteiger partial charge in [0.15, 0.2) is 5.96 Å². The van der Waals surface area contributed by atoms with E-state index in [-0.39, 0.29) is 0 Å². The van der Waals surface area contributed by atoms with Gasteiger partial charge < -0.3 is 10.2 Å². The maximum Gasteiger partial charge on any atom is 0.250 e. The summed E-state index contributed by atoms with van der Waals surface area (Å²) >= 11 is 1.22. The monoisotopic (exact) mass is 387 g/mol. The van der Waals surface area contributed by atoms with Crippen LogP contribution in [0.1, 0.15) is 13.8 Å². The van der Waals surface area contributed by atoms with Gasteiger partial charge in [-0.3, -0.25) is 9.89 Å². The van der Waals surface area contributed by atoms with Gasteiger partial charge in [0.1, 0.15) is 4.21 Å². The Morgan fingerprint density at radius 2 is 2.00 bits per heavy atom. The van der Waals surface area contributed by atoms with Crippen LogP contribution in [0.15, 0.2) is 26.7 Å². The van der Waals surface area contributed by atoms with Crippen LogP contribution in [0, 0.1) is 5.92 Å². The van der Waals surface area contributed by atoms with Crippen LogP contribution in [0.3, 0.4) is 0 Å². The third-order valence-corrected chi connectivity index (χ3v) is 6.83. The van der Waals surface area contributed by atoms with Crippen molar-refractivity contribution in [3.8, 4) is 0 Å². The highest BCUT2D eigenvalue weighted by Crippen LogP contribution is 2.14. The van der Waals surface area contributed by atoms with Crippen molar-refractivity contribution < 1.29 is 8.42 Å². The highest BCUT2D eigenvalue weighted by Gasteiger charge is 2.20. The Morgan fingerprint density at radius 3 is 2.56 bits per heavy atom. The van der Waals surface area contributed by atoms with E-state index in [0.717, 1.165) is 38.7 Å². The molecule has 1 aliphatic rings. The zero-order chi connectivity index (χ0) is 18.3. The molecule has 142 valence electrons. The summed E-state index contributed by atoms with van der Waals surface area (Å²) in [7, 11) is -1.63. The molecule has 25 heavy (non-hydrogen) atoms. The Hall–Kier alpha value is -1.16. The van der Waals surface area contributed by atoms with Gasteiger partial charge in [0.2, 0.25) is 10.0 Å². The fourth-order valence-electron chi connectivity index (χ4n) is 2.84. The van der Waals surface area contributed by atoms with Gasteiger partial charge in [-0.25, -0.2) is 13.1 Å². The molecule has 0 saturated carbocycles. The molecule has 2 rings (SSSR count). The van der Waals surface area contributed by atoms with E-state index in [2.05, 4.69) is 38.7 Å². The number of hydrogen-bond acceptors (Lipinski definition) is 5. The summed E-state index contributed by atoms with van der Waals surface area (Å²) in [5.74, 6) is 1.51. The molecule has 2 N–H and O–H groups in total. The van der Waals surface area contributed by atoms with E-state index < -0.39 is 10.0 Å². The van der Waals surface area contributed by atoms with Crippen molar-refractivity contribution in [1.29, 1.82) is 0 Å². The Bertz CT molecular complexity index is 635. The molecule has 7 nitrogen and oxygen atoms in total. The minimum Gasteiger partial charge on any atom is -0.355 e. The van der Waals surface area contributed by atoms with Gasteiger partial charge in [-0.15, -0.1) is 11.3 Å². The Kier molecular flexibility index (Phi) is 7.67. The predicted octanol–water partition coefficient (Wildman–Crippen LogP) is 0.875. The number of nitrogens with zero attached hydrogens (tertiary/aromatic N) is 3. The molecule has 0 unspecified atom stereocenters. The molecule has 1 fully saturated rings. The SMILES string of the molecule is CN=C(NCCNS(=O)(=O)c1cccs1)N1CCN(CC(C)C)CC1. The summed E-state index contributed by atoms with van der Waals surface area (Å²) < 4.78 is 27.1. The van der Waals surface area contributed by atoms with E-state index in [1.807, 2.05) is 0 Å². The van der Waals surface area contributed by atoms with Crippen molar-refractivity contribution in [3.05, 3.63) is 17.5 Å². The normalized spacial score (nSPS) is 17.3. The molecule has 1 aromatic heterocycles. The van der Waals surface area contributed by atoms with E-state index in [1.54, 1.807) is 24.6 Å². The molecule has 0 bridgehead atoms. The van der Waals surface area contributed by atoms with Crippen molar-refractivity contribution in [2.75, 3.05) is 52.9 Å². The molecule has 0 spiro atoms. The third kappa shape index (κ3) is 6.25. The number of thiophene rings is 1. The summed E-state index contributed by atoms with van der Waals surface area (Å²) in [5, 5.41) is 5.00. The second-order valence-electron chi connectivity index (χ2n) is 6.49. The summed E-state index contributed by atoms with van der Waals surface area (Å²) in [6.07, 6.45) is 0. The first-order chi connectivity index (χ1) is 11.9. The lowest BCUT2D eigenvalue weighted by atomic mass is 10.2. The molecule has 0 aromatic carbocycles. The number of guanidine groups is 1. The van der Waals surface area contributed by atoms with Gasteiger partial charge in [-0.1, -0.05) is 19.9 Å². The number of piperazine rings is 1. The first-order valence-corrected chi connectivity index (χ1v) is 11.0. The van der Waals surface area contributed by atoms with Crippen molar-refractivity contribution in [2.45, 2.75) is 18.1 Å². The van der Waals surface area contributed by atoms with Crippen LogP contribution in [0.25, 0.3) is 0 Å². The molecule has 0 atom stereocenters. The standard InChI is InChI=1S/C16H29N5O2S2/c1-14(2)13-20-8-10-21(11-9-20)16(17-3)18-6-7-19-25(22,23)15-5-4-12-24-15/h4-5,12,14,19H,6-11,13H2,1-3H3,(H,17,18). The maximum absolute atomic E-state index is 12.1. The van der Waals surface area contributed by atoms with Crippen molar-refractivity contribution >= 4 is 27.3 Å². The highest BCUT2D eigenvalue weighted by molar-refractivity contribution is 7.91. The fourth-order valence-corrected chi connectivity index (χ4v) is 4.91. The number of hydrogen-bond donors (Lipinski definition) is 2. The Labute approximate surface area is 155 Å². The lowest BCUT2D eigenvalue weighted by Gasteiger charge is -2.37. The van der Waals surface area contributed by atoms with Crippen LogP contribution in [0.4, 0.5) is 0 Å². The Balaban J connectivity index is 1.73. The number of nitrogens with one attached hydrogen (secondary N) is 2. The van der Waals surface area contributed by atoms with Gasteiger partial charge in [0.25, 0.3) is 0 Å². The topological polar surface area (TPSA) is 77.0 Å². The van der Waals surface area contributed by atoms with Gasteiger partial charge in [-0.2, -0.15) is 0 Å². The zero-order valence-corrected chi connectivity index (χ0v) is 16.9. The first kappa shape index (κ1) is 20.2. The van der Waals surface area contributed by atoms with Crippen molar-refractivity contribution in [2.24, 2.45) is 10.9 Å². The lowest BCUT2D eigenvalue weighted by Crippen LogP contribution is -2.53. The summed E-state index contributed by atoms with van der Waals surface area (Å²) in [4.78, 5) is 9.02. The average molecular weight is 388 g/mol. The second-order valence-corrected chi connectivity index (χ2v) is 9.43. The smallest absolute Gasteiger partial charge is 0.250 e. The highest BCUT2D eigenvalue weighted by atomic mass is 32.2. The third-order valence-electron chi connectivity index (χ3n) is 3.97. The molecule has 0 radical (unpaired) electrons. The molecular formula is C16H29N5O2S2. The molecule has 1 saturated heterocycles. The molecule has 0 amide bonds. The van der Waals surface area contributed by atoms with Crippen LogP contribution in [0.2, 0.25) is 0 Å². The summed E-state index contributed by atoms with van der Waals surface area (Å²) in [6, 6.07) is 3.34. The van der Waals surface area contributed by atoms with E-state index in [4.69, 9.17) is 0 Å². The van der Waals surface area contributed by atoms with Crippen LogP contribution < -0.4 is 10.0 Å². The second kappa shape index (κ2) is 9.51. The number of sulfonamides is 1. The molecule has 2 heterocycles. The number of rotatable bonds is 7. The van der Waals surface area contributed by atoms with Gasteiger partial charge in [-0.05, 0) is 17.4 Å². The van der Waals surface area contributed by atoms with E-state index in [0.29, 0.717) is 23.2 Å². The maximum atomic E-state index is 12.1. The van der Waals surface area contributed by atoms with Gasteiger partial charge in [0.05, 0.1) is 0 Å². The predicted molar refractivity (Wildman–Crippen MR) is 104 cm³/mol. The minimum atomic E-state index is -3.40. The molecular weight excluding hydrogens is 358 g/mol. The van der Waals surface area contributed by atoms with E-state index >= 15 is 0 Å². The van der Waals surface area contributed by atoms with Crippen molar-refractivity contribution in [3.63, 3.8) is 0 Å². The molecule has 1 aliphatic heterocycles. The van der Waals surface area contributed by atoms with Gasteiger partial charge in [0, 0.05) is 52.9 Å². The van der Waals surface area contributed by atoms with Gasteiger partial charge >= 0.3 is 0 Å². The largest absolute Gasteiger partial charge is 0.355 e. The first-order valence-electron chi connectivity index (χ1n) is 8.63. The van der Waals surface area contributed by atoms with Crippen LogP contribution >= 0.6 is 11.3 Å². The molecule has 0 aliphatic carbocycles. The molecule has 1 aromatic rings. The lowest BCUT2D eigenvalue weighted by molar-refractivity contribution is 0.164. The van der Waals surface area contributed by atoms with E-state index in [1.165, 1.54) is 11.3 Å². The van der Waals surface area contributed by atoms with Crippen molar-refractivity contribution in [1.82, 2.24) is 19.8 Å². The number of aliphatic imine (C=N–C) groups is 1. The zero-order valence-electron chi connectivity index (χ0n) is 15.2. The Morgan fingerprint density at radius 1 is 1.28 bits per heavy atom. The summed E-state index contributed by atoms with van der Waals surface area (Å²) in [6.45, 7) is 10.4. The quantitative estimate of drug-likeness (QED) is 0.413. The van der Waals surface area contributed by atoms with Crippen LogP contribution in [0.5, 0.6) is 0 Å². The minimum absolute atomic E-state index is 0.326. The fraction of sp³-hybridized carbons (Fsp3) is 0.688. The molecule has 9 heteroatoms. The van der Waals surface area contributed by atoms with Crippen LogP contribution in [-0.2, 0) is 10.0 Å². The average Bonchev–Trinajstić information content (AvgIpc) is 3.11. The summed E-state index contributed by atoms with van der Waals surface area (Å²) in [5.41, 5.74) is 0. The van der Waals surface area contributed by atoms with Crippen LogP contribution in [-0.4, -0.2) is 77.0 Å².